The van der Waals surface area contributed by atoms with Crippen LogP contribution in [0, 0.1) is 0 Å². The maximum absolute atomic E-state index is 4.13. The van der Waals surface area contributed by atoms with Gasteiger partial charge in [-0.1, -0.05) is 145 Å². The van der Waals surface area contributed by atoms with Crippen molar-refractivity contribution in [3.63, 3.8) is 0 Å². The first-order valence-electron chi connectivity index (χ1n) is 13.2. The maximum atomic E-state index is 4.13. The van der Waals surface area contributed by atoms with Crippen molar-refractivity contribution < 1.29 is 0 Å². The first kappa shape index (κ1) is 26.7. The summed E-state index contributed by atoms with van der Waals surface area (Å²) in [6.07, 6.45) is 25.9. The van der Waals surface area contributed by atoms with Crippen molar-refractivity contribution >= 4 is 58.4 Å². The molecule has 0 spiro atoms. The summed E-state index contributed by atoms with van der Waals surface area (Å²) in [5, 5.41) is 3.35. The van der Waals surface area contributed by atoms with Gasteiger partial charge in [0.2, 0.25) is 0 Å². The van der Waals surface area contributed by atoms with Crippen LogP contribution in [-0.2, 0) is 0 Å². The van der Waals surface area contributed by atoms with E-state index in [1.165, 1.54) is 110 Å². The lowest BCUT2D eigenvalue weighted by Gasteiger charge is -2.34. The maximum Gasteiger partial charge on any atom is 0.0852 e. The molecule has 0 saturated heterocycles. The average molecular weight is 597 g/mol. The van der Waals surface area contributed by atoms with Crippen LogP contribution in [0.1, 0.15) is 77.0 Å². The van der Waals surface area contributed by atoms with Crippen molar-refractivity contribution in [1.82, 2.24) is 0 Å². The van der Waals surface area contributed by atoms with Crippen LogP contribution in [0.4, 0.5) is 0 Å². The van der Waals surface area contributed by atoms with E-state index in [0.29, 0.717) is 0 Å². The molecule has 4 aliphatic heterocycles. The van der Waals surface area contributed by atoms with Crippen molar-refractivity contribution in [2.45, 2.75) is 114 Å². The van der Waals surface area contributed by atoms with Crippen LogP contribution in [0.5, 0.6) is 0 Å². The monoisotopic (exact) mass is 594 g/mol. The first-order valence-corrected chi connectivity index (χ1v) is 20.7. The van der Waals surface area contributed by atoms with Crippen LogP contribution >= 0.6 is 31.9 Å². The predicted octanol–water partition coefficient (Wildman–Crippen LogP) is 9.60. The molecule has 178 valence electrons. The van der Waals surface area contributed by atoms with E-state index in [4.69, 9.17) is 0 Å². The van der Waals surface area contributed by atoms with E-state index in [1.807, 2.05) is 0 Å². The number of fused-ring (bicyclic) bond motifs is 16. The van der Waals surface area contributed by atoms with Gasteiger partial charge in [-0.05, 0) is 48.2 Å². The molecule has 0 amide bonds. The Kier molecular flexibility index (Phi) is 11.1. The molecular weight excluding hydrogens is 552 g/mol. The summed E-state index contributed by atoms with van der Waals surface area (Å²) in [5.41, 5.74) is 0. The summed E-state index contributed by atoms with van der Waals surface area (Å²) in [5.74, 6) is 0. The minimum atomic E-state index is -1.52. The lowest BCUT2D eigenvalue weighted by Crippen LogP contribution is -2.49. The zero-order valence-electron chi connectivity index (χ0n) is 20.5. The fraction of sp³-hybridized carbons (Fsp3) is 0.643. The summed E-state index contributed by atoms with van der Waals surface area (Å²) < 4.78 is 2.87. The topological polar surface area (TPSA) is 0 Å². The molecule has 1 aromatic rings. The molecule has 0 N–H and O–H groups in total. The number of hydrogen-bond donors (Lipinski definition) is 0. The van der Waals surface area contributed by atoms with Crippen LogP contribution < -0.4 is 10.4 Å². The molecule has 4 aliphatic rings. The Morgan fingerprint density at radius 1 is 0.500 bits per heavy atom. The fourth-order valence-electron chi connectivity index (χ4n) is 5.84. The van der Waals surface area contributed by atoms with Crippen LogP contribution in [0.3, 0.4) is 0 Å². The Labute approximate surface area is 217 Å². The minimum absolute atomic E-state index is 1.27. The van der Waals surface area contributed by atoms with E-state index in [2.05, 4.69) is 81.4 Å². The van der Waals surface area contributed by atoms with Crippen molar-refractivity contribution in [3.8, 4) is 0 Å². The average Bonchev–Trinajstić information content (AvgIpc) is 2.76. The highest BCUT2D eigenvalue weighted by molar-refractivity contribution is 9.11. The van der Waals surface area contributed by atoms with Gasteiger partial charge in [0.15, 0.2) is 0 Å². The van der Waals surface area contributed by atoms with Gasteiger partial charge in [-0.2, -0.15) is 0 Å². The largest absolute Gasteiger partial charge is 0.0885 e. The predicted molar refractivity (Wildman–Crippen MR) is 157 cm³/mol. The molecule has 4 heteroatoms. The fourth-order valence-corrected chi connectivity index (χ4v) is 17.8. The van der Waals surface area contributed by atoms with E-state index in [1.54, 1.807) is 10.4 Å². The smallest absolute Gasteiger partial charge is 0.0852 e. The highest BCUT2D eigenvalue weighted by Gasteiger charge is 2.35. The standard InChI is InChI=1S/C28H44Br2Si2/c1-31-19-15-11-7-3-5-9-13-17-21-32(2,28-24-25(29)27(31)23-26(28)30)22-18-14-10-6-4-8-12-16-20-31/h3-6,23-24H,7-22H2,1-2H3/b5-3+,6-4+. The molecule has 0 saturated carbocycles. The molecule has 0 aliphatic carbocycles. The molecule has 0 nitrogen and oxygen atoms in total. The molecule has 5 rings (SSSR count). The Morgan fingerprint density at radius 3 is 1.06 bits per heavy atom. The first-order chi connectivity index (χ1) is 15.4. The number of halogens is 2. The van der Waals surface area contributed by atoms with Crippen molar-refractivity contribution in [3.05, 3.63) is 45.4 Å². The summed E-state index contributed by atoms with van der Waals surface area (Å²) in [6, 6.07) is 10.9. The van der Waals surface area contributed by atoms with Crippen molar-refractivity contribution in [1.29, 1.82) is 0 Å². The quantitative estimate of drug-likeness (QED) is 0.207. The molecular formula is C28H44Br2Si2. The Hall–Kier alpha value is 0.0938. The van der Waals surface area contributed by atoms with E-state index in [-0.39, 0.29) is 0 Å². The normalized spacial score (nSPS) is 31.1. The minimum Gasteiger partial charge on any atom is -0.0885 e. The van der Waals surface area contributed by atoms with Crippen LogP contribution in [-0.4, -0.2) is 16.1 Å². The van der Waals surface area contributed by atoms with Crippen molar-refractivity contribution in [2.75, 3.05) is 0 Å². The number of hydrogen-bond acceptors (Lipinski definition) is 0. The molecule has 0 atom stereocenters. The van der Waals surface area contributed by atoms with Gasteiger partial charge < -0.3 is 0 Å². The molecule has 4 bridgehead atoms. The second kappa shape index (κ2) is 13.3. The van der Waals surface area contributed by atoms with E-state index in [9.17, 15) is 0 Å². The van der Waals surface area contributed by atoms with Gasteiger partial charge in [0.05, 0.1) is 16.1 Å². The zero-order valence-corrected chi connectivity index (χ0v) is 25.7. The molecule has 32 heavy (non-hydrogen) atoms. The second-order valence-corrected chi connectivity index (χ2v) is 21.9. The third-order valence-corrected chi connectivity index (χ3v) is 19.4. The van der Waals surface area contributed by atoms with E-state index in [0.717, 1.165) is 0 Å². The summed E-state index contributed by atoms with van der Waals surface area (Å²) in [7, 11) is -3.05. The van der Waals surface area contributed by atoms with Crippen LogP contribution in [0.2, 0.25) is 37.3 Å². The Bertz CT molecular complexity index is 690. The molecule has 0 fully saturated rings. The van der Waals surface area contributed by atoms with E-state index < -0.39 is 16.1 Å². The third-order valence-electron chi connectivity index (χ3n) is 8.09. The molecule has 0 aromatic heterocycles. The summed E-state index contributed by atoms with van der Waals surface area (Å²) in [4.78, 5) is 0. The zero-order chi connectivity index (χ0) is 22.9. The van der Waals surface area contributed by atoms with Gasteiger partial charge in [0.1, 0.15) is 0 Å². The number of allylic oxidation sites excluding steroid dienone is 4. The lowest BCUT2D eigenvalue weighted by atomic mass is 10.2. The number of rotatable bonds is 0. The number of benzene rings is 1. The molecule has 0 unspecified atom stereocenters. The second-order valence-electron chi connectivity index (χ2n) is 10.9. The Morgan fingerprint density at radius 2 is 0.781 bits per heavy atom. The van der Waals surface area contributed by atoms with E-state index >= 15 is 0 Å². The molecule has 0 radical (unpaired) electrons. The van der Waals surface area contributed by atoms with Gasteiger partial charge >= 0.3 is 0 Å². The highest BCUT2D eigenvalue weighted by atomic mass is 79.9. The molecule has 1 aromatic carbocycles. The lowest BCUT2D eigenvalue weighted by molar-refractivity contribution is 0.759. The van der Waals surface area contributed by atoms with Gasteiger partial charge in [-0.25, -0.2) is 0 Å². The molecule has 4 heterocycles. The van der Waals surface area contributed by atoms with Crippen LogP contribution in [0.25, 0.3) is 0 Å². The van der Waals surface area contributed by atoms with Gasteiger partial charge in [-0.15, -0.1) is 0 Å². The third kappa shape index (κ3) is 7.55. The van der Waals surface area contributed by atoms with Gasteiger partial charge in [0, 0.05) is 8.95 Å². The Balaban J connectivity index is 2.03. The van der Waals surface area contributed by atoms with Gasteiger partial charge in [-0.3, -0.25) is 0 Å². The van der Waals surface area contributed by atoms with Crippen molar-refractivity contribution in [2.24, 2.45) is 0 Å². The van der Waals surface area contributed by atoms with Crippen LogP contribution in [0.15, 0.2) is 45.4 Å². The summed E-state index contributed by atoms with van der Waals surface area (Å²) >= 11 is 8.25. The highest BCUT2D eigenvalue weighted by Crippen LogP contribution is 2.31. The SMILES string of the molecule is C[Si]12CCCC/C=C/CCCC[Si](C)(CCCC/C=C/CCCC1)c1cc(Br)c2cc1Br. The summed E-state index contributed by atoms with van der Waals surface area (Å²) in [6.45, 7) is 5.35. The van der Waals surface area contributed by atoms with Gasteiger partial charge in [0.25, 0.3) is 0 Å².